The van der Waals surface area contributed by atoms with E-state index in [-0.39, 0.29) is 0 Å². The molecule has 136 valence electrons. The van der Waals surface area contributed by atoms with Gasteiger partial charge in [-0.1, -0.05) is 41.4 Å². The Kier molecular flexibility index (Phi) is 5.00. The lowest BCUT2D eigenvalue weighted by molar-refractivity contribution is 0.794. The topological polar surface area (TPSA) is 35.6 Å². The molecule has 0 saturated carbocycles. The van der Waals surface area contributed by atoms with Gasteiger partial charge >= 0.3 is 0 Å². The number of hydrogen-bond acceptors (Lipinski definition) is 3. The zero-order valence-electron chi connectivity index (χ0n) is 14.7. The summed E-state index contributed by atoms with van der Waals surface area (Å²) in [6.45, 7) is 2.08. The lowest BCUT2D eigenvalue weighted by Gasteiger charge is -2.10. The third kappa shape index (κ3) is 3.27. The Morgan fingerprint density at radius 1 is 1.07 bits per heavy atom. The normalized spacial score (nSPS) is 11.1. The second-order valence-electron chi connectivity index (χ2n) is 6.00. The summed E-state index contributed by atoms with van der Waals surface area (Å²) in [5.41, 5.74) is 4.71. The van der Waals surface area contributed by atoms with Crippen LogP contribution in [0.15, 0.2) is 66.2 Å². The van der Waals surface area contributed by atoms with Crippen molar-refractivity contribution >= 4 is 35.0 Å². The van der Waals surface area contributed by atoms with Crippen molar-refractivity contribution in [3.63, 3.8) is 0 Å². The van der Waals surface area contributed by atoms with Gasteiger partial charge in [-0.3, -0.25) is 0 Å². The molecule has 4 rings (SSSR count). The van der Waals surface area contributed by atoms with Crippen molar-refractivity contribution in [1.82, 2.24) is 19.3 Å². The van der Waals surface area contributed by atoms with E-state index in [4.69, 9.17) is 28.3 Å². The van der Waals surface area contributed by atoms with Crippen molar-refractivity contribution in [2.45, 2.75) is 11.9 Å². The smallest absolute Gasteiger partial charge is 0.124 e. The van der Waals surface area contributed by atoms with E-state index in [0.717, 1.165) is 33.2 Å². The Labute approximate surface area is 171 Å². The summed E-state index contributed by atoms with van der Waals surface area (Å²) in [7, 11) is 0. The number of para-hydroxylation sites is 1. The lowest BCUT2D eigenvalue weighted by Crippen LogP contribution is -2.01. The summed E-state index contributed by atoms with van der Waals surface area (Å²) in [5, 5.41) is 7.11. The number of hydrogen-bond donors (Lipinski definition) is 0. The summed E-state index contributed by atoms with van der Waals surface area (Å²) in [6, 6.07) is 13.6. The molecule has 0 unspecified atom stereocenters. The van der Waals surface area contributed by atoms with Crippen molar-refractivity contribution in [3.8, 4) is 22.6 Å². The van der Waals surface area contributed by atoms with Gasteiger partial charge in [0.2, 0.25) is 0 Å². The average molecular weight is 415 g/mol. The quantitative estimate of drug-likeness (QED) is 0.380. The van der Waals surface area contributed by atoms with E-state index < -0.39 is 0 Å². The standard InChI is InChI=1S/C20H16Cl2N4S/c1-13-5-3-4-6-17(13)26-20(27-2)19(25-10-9-23-12-25)18(24-26)15-8-7-14(21)11-16(15)22/h3-12H,1-2H3. The SMILES string of the molecule is CSc1c(-n2ccnc2)c(-c2ccc(Cl)cc2Cl)nn1-c1ccccc1C. The molecule has 0 fully saturated rings. The Morgan fingerprint density at radius 2 is 1.89 bits per heavy atom. The lowest BCUT2D eigenvalue weighted by atomic mass is 10.1. The summed E-state index contributed by atoms with van der Waals surface area (Å²) >= 11 is 14.2. The Hall–Kier alpha value is -2.21. The van der Waals surface area contributed by atoms with E-state index >= 15 is 0 Å². The molecule has 0 amide bonds. The molecular weight excluding hydrogens is 399 g/mol. The Balaban J connectivity index is 2.05. The van der Waals surface area contributed by atoms with Gasteiger partial charge in [0.1, 0.15) is 16.4 Å². The van der Waals surface area contributed by atoms with E-state index in [1.165, 1.54) is 0 Å². The van der Waals surface area contributed by atoms with Crippen molar-refractivity contribution in [1.29, 1.82) is 0 Å². The predicted octanol–water partition coefficient (Wildman–Crippen LogP) is 6.06. The van der Waals surface area contributed by atoms with Crippen LogP contribution in [-0.2, 0) is 0 Å². The maximum atomic E-state index is 6.51. The van der Waals surface area contributed by atoms with Crippen LogP contribution >= 0.6 is 35.0 Å². The molecule has 0 aliphatic carbocycles. The summed E-state index contributed by atoms with van der Waals surface area (Å²) in [4.78, 5) is 4.21. The third-order valence-electron chi connectivity index (χ3n) is 4.31. The zero-order valence-corrected chi connectivity index (χ0v) is 17.1. The monoisotopic (exact) mass is 414 g/mol. The van der Waals surface area contributed by atoms with Crippen LogP contribution < -0.4 is 0 Å². The van der Waals surface area contributed by atoms with Crippen LogP contribution in [0.1, 0.15) is 5.56 Å². The minimum Gasteiger partial charge on any atom is -0.302 e. The highest BCUT2D eigenvalue weighted by Crippen LogP contribution is 2.39. The molecule has 0 bridgehead atoms. The molecule has 0 aliphatic rings. The maximum absolute atomic E-state index is 6.51. The first-order chi connectivity index (χ1) is 13.1. The minimum atomic E-state index is 0.561. The second kappa shape index (κ2) is 7.43. The second-order valence-corrected chi connectivity index (χ2v) is 7.64. The van der Waals surface area contributed by atoms with Gasteiger partial charge in [-0.2, -0.15) is 5.10 Å². The average Bonchev–Trinajstić information content (AvgIpc) is 3.29. The molecule has 0 atom stereocenters. The highest BCUT2D eigenvalue weighted by Gasteiger charge is 2.23. The van der Waals surface area contributed by atoms with Gasteiger partial charge in [0.15, 0.2) is 0 Å². The predicted molar refractivity (Wildman–Crippen MR) is 113 cm³/mol. The number of aromatic nitrogens is 4. The first kappa shape index (κ1) is 18.2. The maximum Gasteiger partial charge on any atom is 0.124 e. The first-order valence-electron chi connectivity index (χ1n) is 8.27. The van der Waals surface area contributed by atoms with E-state index in [0.29, 0.717) is 10.0 Å². The number of rotatable bonds is 4. The fraction of sp³-hybridized carbons (Fsp3) is 0.100. The molecule has 2 aromatic heterocycles. The van der Waals surface area contributed by atoms with E-state index in [1.54, 1.807) is 30.4 Å². The highest BCUT2D eigenvalue weighted by molar-refractivity contribution is 7.98. The van der Waals surface area contributed by atoms with Crippen molar-refractivity contribution in [3.05, 3.63) is 76.8 Å². The van der Waals surface area contributed by atoms with Crippen molar-refractivity contribution in [2.75, 3.05) is 6.26 Å². The molecule has 2 heterocycles. The highest BCUT2D eigenvalue weighted by atomic mass is 35.5. The third-order valence-corrected chi connectivity index (χ3v) is 5.61. The molecule has 0 spiro atoms. The Bertz CT molecular complexity index is 1100. The van der Waals surface area contributed by atoms with E-state index in [1.807, 2.05) is 46.0 Å². The zero-order chi connectivity index (χ0) is 19.0. The fourth-order valence-corrected chi connectivity index (χ4v) is 4.23. The Morgan fingerprint density at radius 3 is 2.56 bits per heavy atom. The fourth-order valence-electron chi connectivity index (χ4n) is 3.03. The van der Waals surface area contributed by atoms with Gasteiger partial charge < -0.3 is 4.57 Å². The van der Waals surface area contributed by atoms with E-state index in [2.05, 4.69) is 24.0 Å². The summed E-state index contributed by atoms with van der Waals surface area (Å²) in [5.74, 6) is 0. The van der Waals surface area contributed by atoms with Gasteiger partial charge in [-0.25, -0.2) is 9.67 Å². The van der Waals surface area contributed by atoms with Crippen LogP contribution in [0.4, 0.5) is 0 Å². The van der Waals surface area contributed by atoms with E-state index in [9.17, 15) is 0 Å². The van der Waals surface area contributed by atoms with Gasteiger partial charge in [-0.15, -0.1) is 11.8 Å². The summed E-state index contributed by atoms with van der Waals surface area (Å²) < 4.78 is 3.93. The molecule has 4 aromatic rings. The van der Waals surface area contributed by atoms with Gasteiger partial charge in [-0.05, 0) is 43.0 Å². The first-order valence-corrected chi connectivity index (χ1v) is 10.2. The number of thioether (sulfide) groups is 1. The van der Waals surface area contributed by atoms with Crippen LogP contribution in [0.5, 0.6) is 0 Å². The van der Waals surface area contributed by atoms with Crippen LogP contribution in [0, 0.1) is 6.92 Å². The van der Waals surface area contributed by atoms with Crippen LogP contribution in [0.2, 0.25) is 10.0 Å². The number of benzene rings is 2. The van der Waals surface area contributed by atoms with Gasteiger partial charge in [0, 0.05) is 23.0 Å². The molecule has 0 saturated heterocycles. The number of halogens is 2. The molecular formula is C20H16Cl2N4S. The number of nitrogens with zero attached hydrogens (tertiary/aromatic N) is 4. The molecule has 7 heteroatoms. The van der Waals surface area contributed by atoms with Crippen LogP contribution in [0.3, 0.4) is 0 Å². The molecule has 0 aliphatic heterocycles. The molecule has 0 N–H and O–H groups in total. The largest absolute Gasteiger partial charge is 0.302 e. The van der Waals surface area contributed by atoms with Gasteiger partial charge in [0.25, 0.3) is 0 Å². The summed E-state index contributed by atoms with van der Waals surface area (Å²) in [6.07, 6.45) is 7.47. The minimum absolute atomic E-state index is 0.561. The van der Waals surface area contributed by atoms with Crippen LogP contribution in [-0.4, -0.2) is 25.6 Å². The molecule has 27 heavy (non-hydrogen) atoms. The number of aryl methyl sites for hydroxylation is 1. The molecule has 4 nitrogen and oxygen atoms in total. The van der Waals surface area contributed by atoms with Crippen molar-refractivity contribution < 1.29 is 0 Å². The van der Waals surface area contributed by atoms with Crippen LogP contribution in [0.25, 0.3) is 22.6 Å². The molecule has 0 radical (unpaired) electrons. The van der Waals surface area contributed by atoms with Gasteiger partial charge in [0.05, 0.1) is 17.0 Å². The number of imidazole rings is 1. The molecule has 2 aromatic carbocycles. The van der Waals surface area contributed by atoms with Crippen molar-refractivity contribution in [2.24, 2.45) is 0 Å².